The third-order valence-electron chi connectivity index (χ3n) is 5.33. The zero-order valence-corrected chi connectivity index (χ0v) is 20.7. The van der Waals surface area contributed by atoms with E-state index in [1.807, 2.05) is 25.3 Å². The molecule has 1 aromatic carbocycles. The molecular formula is C29H39N3O. The van der Waals surface area contributed by atoms with Crippen LogP contribution in [0.1, 0.15) is 52.5 Å². The van der Waals surface area contributed by atoms with Crippen molar-refractivity contribution >= 4 is 17.6 Å². The summed E-state index contributed by atoms with van der Waals surface area (Å²) in [5, 5.41) is 3.66. The molecule has 0 fully saturated rings. The van der Waals surface area contributed by atoms with Crippen molar-refractivity contribution in [3.05, 3.63) is 85.5 Å². The van der Waals surface area contributed by atoms with E-state index in [0.717, 1.165) is 54.7 Å². The van der Waals surface area contributed by atoms with Gasteiger partial charge in [-0.25, -0.2) is 0 Å². The zero-order valence-electron chi connectivity index (χ0n) is 20.7. The predicted octanol–water partition coefficient (Wildman–Crippen LogP) is 7.63. The number of benzene rings is 1. The molecule has 176 valence electrons. The SMILES string of the molecule is C=C/C=C/C(C/C(C)=C/N=CC)NC(=C)c1cc(-c2ccoc2)ccc1N(CCC)CCC. The molecule has 4 nitrogen and oxygen atoms in total. The molecule has 0 bridgehead atoms. The number of anilines is 1. The molecule has 0 saturated carbocycles. The van der Waals surface area contributed by atoms with Gasteiger partial charge in [0.1, 0.15) is 0 Å². The summed E-state index contributed by atoms with van der Waals surface area (Å²) in [6, 6.07) is 8.66. The maximum absolute atomic E-state index is 5.32. The lowest BCUT2D eigenvalue weighted by Crippen LogP contribution is -2.29. The largest absolute Gasteiger partial charge is 0.472 e. The van der Waals surface area contributed by atoms with Crippen LogP contribution in [-0.4, -0.2) is 25.3 Å². The average molecular weight is 446 g/mol. The second-order valence-corrected chi connectivity index (χ2v) is 8.17. The van der Waals surface area contributed by atoms with Crippen LogP contribution in [-0.2, 0) is 0 Å². The summed E-state index contributed by atoms with van der Waals surface area (Å²) < 4.78 is 5.32. The summed E-state index contributed by atoms with van der Waals surface area (Å²) in [5.74, 6) is 0. The van der Waals surface area contributed by atoms with Crippen molar-refractivity contribution < 1.29 is 4.42 Å². The van der Waals surface area contributed by atoms with E-state index in [1.54, 1.807) is 24.8 Å². The Balaban J connectivity index is 2.43. The number of rotatable bonds is 14. The molecule has 2 rings (SSSR count). The van der Waals surface area contributed by atoms with Gasteiger partial charge in [0.25, 0.3) is 0 Å². The average Bonchev–Trinajstić information content (AvgIpc) is 3.35. The maximum atomic E-state index is 5.32. The van der Waals surface area contributed by atoms with Gasteiger partial charge in [-0.15, -0.1) is 0 Å². The Bertz CT molecular complexity index is 961. The fourth-order valence-electron chi connectivity index (χ4n) is 3.84. The Morgan fingerprint density at radius 2 is 1.94 bits per heavy atom. The summed E-state index contributed by atoms with van der Waals surface area (Å²) in [7, 11) is 0. The van der Waals surface area contributed by atoms with Gasteiger partial charge in [-0.3, -0.25) is 4.99 Å². The van der Waals surface area contributed by atoms with Crippen LogP contribution in [0.15, 0.2) is 89.4 Å². The molecule has 0 aliphatic heterocycles. The van der Waals surface area contributed by atoms with Crippen molar-refractivity contribution in [3.63, 3.8) is 0 Å². The molecule has 1 aromatic heterocycles. The molecule has 2 aromatic rings. The summed E-state index contributed by atoms with van der Waals surface area (Å²) in [5.41, 5.74) is 6.59. The van der Waals surface area contributed by atoms with Gasteiger partial charge in [-0.1, -0.05) is 56.9 Å². The lowest BCUT2D eigenvalue weighted by atomic mass is 10.00. The minimum atomic E-state index is 0.0787. The highest BCUT2D eigenvalue weighted by atomic mass is 16.3. The Labute approximate surface area is 200 Å². The Morgan fingerprint density at radius 3 is 2.55 bits per heavy atom. The zero-order chi connectivity index (χ0) is 24.1. The Hall–Kier alpha value is -3.27. The lowest BCUT2D eigenvalue weighted by molar-refractivity contribution is 0.568. The minimum Gasteiger partial charge on any atom is -0.472 e. The van der Waals surface area contributed by atoms with Crippen LogP contribution in [0.2, 0.25) is 0 Å². The van der Waals surface area contributed by atoms with Crippen LogP contribution in [0.3, 0.4) is 0 Å². The van der Waals surface area contributed by atoms with Gasteiger partial charge >= 0.3 is 0 Å². The summed E-state index contributed by atoms with van der Waals surface area (Å²) in [4.78, 5) is 6.72. The van der Waals surface area contributed by atoms with Crippen molar-refractivity contribution in [3.8, 4) is 11.1 Å². The van der Waals surface area contributed by atoms with Crippen molar-refractivity contribution in [2.45, 2.75) is 53.0 Å². The quantitative estimate of drug-likeness (QED) is 0.240. The van der Waals surface area contributed by atoms with Gasteiger partial charge in [0.2, 0.25) is 0 Å². The fourth-order valence-corrected chi connectivity index (χ4v) is 3.84. The van der Waals surface area contributed by atoms with Crippen molar-refractivity contribution in [1.82, 2.24) is 5.32 Å². The van der Waals surface area contributed by atoms with Gasteiger partial charge < -0.3 is 14.6 Å². The number of allylic oxidation sites excluding steroid dienone is 2. The highest BCUT2D eigenvalue weighted by Gasteiger charge is 2.16. The number of nitrogens with one attached hydrogen (secondary N) is 1. The normalized spacial score (nSPS) is 12.9. The molecule has 4 heteroatoms. The van der Waals surface area contributed by atoms with Crippen LogP contribution in [0.25, 0.3) is 16.8 Å². The standard InChI is InChI=1S/C29H39N3O/c1-7-11-12-27(19-23(5)21-30-10-4)31-24(6)28-20-25(26-15-18-33-22-26)13-14-29(28)32(16-8-2)17-9-3/h7,10-15,18,20-22,27,31H,1,6,8-9,16-17,19H2,2-5H3/b12-11+,23-21+,30-10?. The molecule has 1 atom stereocenters. The van der Waals surface area contributed by atoms with Gasteiger partial charge in [0.15, 0.2) is 0 Å². The van der Waals surface area contributed by atoms with E-state index in [-0.39, 0.29) is 6.04 Å². The van der Waals surface area contributed by atoms with Crippen LogP contribution >= 0.6 is 0 Å². The number of aliphatic imine (C=N–C) groups is 1. The molecule has 0 aliphatic rings. The summed E-state index contributed by atoms with van der Waals surface area (Å²) in [6.45, 7) is 18.8. The van der Waals surface area contributed by atoms with E-state index in [0.29, 0.717) is 0 Å². The Morgan fingerprint density at radius 1 is 1.18 bits per heavy atom. The smallest absolute Gasteiger partial charge is 0.0980 e. The van der Waals surface area contributed by atoms with Crippen LogP contribution in [0.5, 0.6) is 0 Å². The first-order valence-electron chi connectivity index (χ1n) is 11.8. The number of nitrogens with zero attached hydrogens (tertiary/aromatic N) is 2. The van der Waals surface area contributed by atoms with E-state index < -0.39 is 0 Å². The van der Waals surface area contributed by atoms with Crippen molar-refractivity contribution in [2.75, 3.05) is 18.0 Å². The minimum absolute atomic E-state index is 0.0787. The first kappa shape index (κ1) is 26.0. The third kappa shape index (κ3) is 7.98. The molecule has 0 aliphatic carbocycles. The Kier molecular flexibility index (Phi) is 11.0. The van der Waals surface area contributed by atoms with Gasteiger partial charge in [0.05, 0.1) is 12.5 Å². The number of hydrogen-bond acceptors (Lipinski definition) is 4. The van der Waals surface area contributed by atoms with Crippen molar-refractivity contribution in [1.29, 1.82) is 0 Å². The van der Waals surface area contributed by atoms with Gasteiger partial charge in [-0.2, -0.15) is 0 Å². The lowest BCUT2D eigenvalue weighted by Gasteiger charge is -2.29. The molecule has 1 N–H and O–H groups in total. The predicted molar refractivity (Wildman–Crippen MR) is 145 cm³/mol. The highest BCUT2D eigenvalue weighted by Crippen LogP contribution is 2.32. The van der Waals surface area contributed by atoms with Crippen LogP contribution < -0.4 is 10.2 Å². The second kappa shape index (κ2) is 14.0. The third-order valence-corrected chi connectivity index (χ3v) is 5.33. The van der Waals surface area contributed by atoms with Crippen LogP contribution in [0.4, 0.5) is 5.69 Å². The molecular weight excluding hydrogens is 406 g/mol. The van der Waals surface area contributed by atoms with E-state index in [2.05, 4.69) is 73.4 Å². The topological polar surface area (TPSA) is 40.8 Å². The molecule has 1 heterocycles. The van der Waals surface area contributed by atoms with Crippen LogP contribution in [0, 0.1) is 0 Å². The molecule has 0 spiro atoms. The molecule has 1 unspecified atom stereocenters. The monoisotopic (exact) mass is 445 g/mol. The maximum Gasteiger partial charge on any atom is 0.0980 e. The van der Waals surface area contributed by atoms with E-state index in [4.69, 9.17) is 4.42 Å². The van der Waals surface area contributed by atoms with E-state index in [9.17, 15) is 0 Å². The molecule has 0 saturated heterocycles. The van der Waals surface area contributed by atoms with Crippen molar-refractivity contribution in [2.24, 2.45) is 4.99 Å². The number of hydrogen-bond donors (Lipinski definition) is 1. The highest BCUT2D eigenvalue weighted by molar-refractivity contribution is 5.80. The van der Waals surface area contributed by atoms with Gasteiger partial charge in [-0.05, 0) is 56.9 Å². The first-order chi connectivity index (χ1) is 16.0. The van der Waals surface area contributed by atoms with Gasteiger partial charge in [0, 0.05) is 54.1 Å². The van der Waals surface area contributed by atoms with E-state index in [1.165, 1.54) is 11.3 Å². The van der Waals surface area contributed by atoms with E-state index >= 15 is 0 Å². The summed E-state index contributed by atoms with van der Waals surface area (Å²) >= 11 is 0. The molecule has 0 amide bonds. The summed E-state index contributed by atoms with van der Waals surface area (Å²) in [6.07, 6.45) is 16.1. The second-order valence-electron chi connectivity index (χ2n) is 8.17. The fraction of sp³-hybridized carbons (Fsp3) is 0.345. The number of furan rings is 1. The molecule has 0 radical (unpaired) electrons. The first-order valence-corrected chi connectivity index (χ1v) is 11.8. The molecule has 33 heavy (non-hydrogen) atoms.